The van der Waals surface area contributed by atoms with Gasteiger partial charge < -0.3 is 9.73 Å². The second-order valence-corrected chi connectivity index (χ2v) is 4.25. The molecule has 0 aromatic carbocycles. The first kappa shape index (κ1) is 10.8. The van der Waals surface area contributed by atoms with Crippen LogP contribution in [0.5, 0.6) is 0 Å². The molecule has 92 valence electrons. The van der Waals surface area contributed by atoms with E-state index in [1.807, 2.05) is 50.4 Å². The first-order valence-corrected chi connectivity index (χ1v) is 5.86. The Morgan fingerprint density at radius 1 is 1.28 bits per heavy atom. The Bertz CT molecular complexity index is 637. The highest BCUT2D eigenvalue weighted by molar-refractivity contribution is 5.43. The number of hydrogen-bond acceptors (Lipinski definition) is 4. The van der Waals surface area contributed by atoms with E-state index < -0.39 is 0 Å². The predicted octanol–water partition coefficient (Wildman–Crippen LogP) is 2.80. The maximum absolute atomic E-state index is 5.57. The third-order valence-corrected chi connectivity index (χ3v) is 2.77. The van der Waals surface area contributed by atoms with Crippen LogP contribution in [0.2, 0.25) is 0 Å². The molecule has 1 atom stereocenters. The van der Waals surface area contributed by atoms with Gasteiger partial charge in [-0.25, -0.2) is 4.52 Å². The van der Waals surface area contributed by atoms with E-state index in [2.05, 4.69) is 15.4 Å². The number of pyridine rings is 1. The highest BCUT2D eigenvalue weighted by Gasteiger charge is 2.11. The minimum atomic E-state index is 0.0381. The molecule has 0 spiro atoms. The van der Waals surface area contributed by atoms with Crippen molar-refractivity contribution in [2.24, 2.45) is 0 Å². The summed E-state index contributed by atoms with van der Waals surface area (Å²) >= 11 is 0. The van der Waals surface area contributed by atoms with E-state index in [-0.39, 0.29) is 6.04 Å². The van der Waals surface area contributed by atoms with Gasteiger partial charge >= 0.3 is 0 Å². The molecule has 0 radical (unpaired) electrons. The fraction of sp³-hybridized carbons (Fsp3) is 0.231. The average Bonchev–Trinajstić information content (AvgIpc) is 2.94. The first-order valence-electron chi connectivity index (χ1n) is 5.86. The Morgan fingerprint density at radius 3 is 2.89 bits per heavy atom. The summed E-state index contributed by atoms with van der Waals surface area (Å²) in [7, 11) is 0. The molecule has 3 aromatic rings. The molecule has 0 amide bonds. The van der Waals surface area contributed by atoms with Crippen molar-refractivity contribution in [1.29, 1.82) is 0 Å². The Kier molecular flexibility index (Phi) is 2.51. The fourth-order valence-electron chi connectivity index (χ4n) is 1.84. The summed E-state index contributed by atoms with van der Waals surface area (Å²) in [5, 5.41) is 7.56. The van der Waals surface area contributed by atoms with Crippen LogP contribution < -0.4 is 5.32 Å². The highest BCUT2D eigenvalue weighted by atomic mass is 16.3. The summed E-state index contributed by atoms with van der Waals surface area (Å²) in [6.45, 7) is 3.95. The quantitative estimate of drug-likeness (QED) is 0.767. The molecule has 1 N–H and O–H groups in total. The van der Waals surface area contributed by atoms with E-state index in [0.29, 0.717) is 5.95 Å². The van der Waals surface area contributed by atoms with Crippen LogP contribution >= 0.6 is 0 Å². The number of aromatic nitrogens is 3. The van der Waals surface area contributed by atoms with Crippen LogP contribution in [-0.4, -0.2) is 14.6 Å². The van der Waals surface area contributed by atoms with Crippen molar-refractivity contribution in [2.45, 2.75) is 19.9 Å². The van der Waals surface area contributed by atoms with Gasteiger partial charge in [0.1, 0.15) is 11.5 Å². The molecule has 0 saturated carbocycles. The second kappa shape index (κ2) is 4.18. The van der Waals surface area contributed by atoms with Gasteiger partial charge in [0, 0.05) is 6.20 Å². The van der Waals surface area contributed by atoms with Crippen molar-refractivity contribution in [3.05, 3.63) is 48.0 Å². The molecule has 3 aromatic heterocycles. The smallest absolute Gasteiger partial charge is 0.243 e. The first-order chi connectivity index (χ1) is 8.72. The van der Waals surface area contributed by atoms with Gasteiger partial charge in [-0.05, 0) is 38.1 Å². The third kappa shape index (κ3) is 1.95. The zero-order valence-electron chi connectivity index (χ0n) is 10.3. The normalized spacial score (nSPS) is 12.8. The molecule has 5 nitrogen and oxygen atoms in total. The van der Waals surface area contributed by atoms with Gasteiger partial charge in [-0.1, -0.05) is 6.07 Å². The molecule has 0 aliphatic carbocycles. The third-order valence-electron chi connectivity index (χ3n) is 2.77. The van der Waals surface area contributed by atoms with Gasteiger partial charge in [0.15, 0.2) is 5.65 Å². The lowest BCUT2D eigenvalue weighted by atomic mass is 10.2. The monoisotopic (exact) mass is 242 g/mol. The molecular formula is C13H14N4O. The summed E-state index contributed by atoms with van der Waals surface area (Å²) < 4.78 is 7.31. The summed E-state index contributed by atoms with van der Waals surface area (Å²) in [6.07, 6.45) is 1.87. The number of rotatable bonds is 3. The van der Waals surface area contributed by atoms with Crippen LogP contribution in [0.4, 0.5) is 5.95 Å². The molecule has 3 rings (SSSR count). The van der Waals surface area contributed by atoms with Crippen LogP contribution in [0, 0.1) is 6.92 Å². The topological polar surface area (TPSA) is 55.4 Å². The molecule has 0 bridgehead atoms. The number of nitrogens with one attached hydrogen (secondary N) is 1. The Labute approximate surface area is 104 Å². The van der Waals surface area contributed by atoms with E-state index in [1.54, 1.807) is 4.52 Å². The van der Waals surface area contributed by atoms with Crippen molar-refractivity contribution in [1.82, 2.24) is 14.6 Å². The molecule has 0 aliphatic heterocycles. The van der Waals surface area contributed by atoms with E-state index in [0.717, 1.165) is 17.2 Å². The number of hydrogen-bond donors (Lipinski definition) is 1. The Morgan fingerprint density at radius 2 is 2.17 bits per heavy atom. The van der Waals surface area contributed by atoms with Crippen molar-refractivity contribution in [3.63, 3.8) is 0 Å². The van der Waals surface area contributed by atoms with Crippen molar-refractivity contribution < 1.29 is 4.42 Å². The van der Waals surface area contributed by atoms with Crippen LogP contribution in [0.3, 0.4) is 0 Å². The zero-order valence-corrected chi connectivity index (χ0v) is 10.3. The van der Waals surface area contributed by atoms with Crippen molar-refractivity contribution in [2.75, 3.05) is 5.32 Å². The average molecular weight is 242 g/mol. The minimum Gasteiger partial charge on any atom is -0.464 e. The second-order valence-electron chi connectivity index (χ2n) is 4.25. The standard InChI is InChI=1S/C13H14N4O/c1-9-6-7-11(18-9)10(2)14-13-15-12-5-3-4-8-17(12)16-13/h3-8,10H,1-2H3,(H,14,16). The molecule has 0 aliphatic rings. The van der Waals surface area contributed by atoms with Gasteiger partial charge in [-0.3, -0.25) is 0 Å². The number of fused-ring (bicyclic) bond motifs is 1. The summed E-state index contributed by atoms with van der Waals surface area (Å²) in [5.41, 5.74) is 0.822. The van der Waals surface area contributed by atoms with Gasteiger partial charge in [0.2, 0.25) is 5.95 Å². The Balaban J connectivity index is 1.83. The van der Waals surface area contributed by atoms with Gasteiger partial charge in [0.05, 0.1) is 6.04 Å². The van der Waals surface area contributed by atoms with Gasteiger partial charge in [0.25, 0.3) is 0 Å². The van der Waals surface area contributed by atoms with E-state index >= 15 is 0 Å². The number of nitrogens with zero attached hydrogens (tertiary/aromatic N) is 3. The van der Waals surface area contributed by atoms with Crippen molar-refractivity contribution in [3.8, 4) is 0 Å². The summed E-state index contributed by atoms with van der Waals surface area (Å²) in [6, 6.07) is 9.72. The van der Waals surface area contributed by atoms with E-state index in [9.17, 15) is 0 Å². The van der Waals surface area contributed by atoms with Crippen LogP contribution in [0.1, 0.15) is 24.5 Å². The van der Waals surface area contributed by atoms with Crippen LogP contribution in [0.15, 0.2) is 40.9 Å². The summed E-state index contributed by atoms with van der Waals surface area (Å²) in [4.78, 5) is 4.38. The predicted molar refractivity (Wildman–Crippen MR) is 68.5 cm³/mol. The number of anilines is 1. The molecule has 18 heavy (non-hydrogen) atoms. The van der Waals surface area contributed by atoms with Crippen molar-refractivity contribution >= 4 is 11.6 Å². The lowest BCUT2D eigenvalue weighted by molar-refractivity contribution is 0.466. The van der Waals surface area contributed by atoms with Crippen LogP contribution in [0.25, 0.3) is 5.65 Å². The van der Waals surface area contributed by atoms with E-state index in [4.69, 9.17) is 4.42 Å². The molecule has 5 heteroatoms. The summed E-state index contributed by atoms with van der Waals surface area (Å²) in [5.74, 6) is 2.38. The lowest BCUT2D eigenvalue weighted by Crippen LogP contribution is -2.06. The molecule has 1 unspecified atom stereocenters. The number of aryl methyl sites for hydroxylation is 1. The molecule has 3 heterocycles. The molecule has 0 fully saturated rings. The minimum absolute atomic E-state index is 0.0381. The largest absolute Gasteiger partial charge is 0.464 e. The van der Waals surface area contributed by atoms with Crippen LogP contribution in [-0.2, 0) is 0 Å². The maximum Gasteiger partial charge on any atom is 0.243 e. The molecule has 0 saturated heterocycles. The van der Waals surface area contributed by atoms with E-state index in [1.165, 1.54) is 0 Å². The maximum atomic E-state index is 5.57. The van der Waals surface area contributed by atoms with Gasteiger partial charge in [-0.2, -0.15) is 4.98 Å². The highest BCUT2D eigenvalue weighted by Crippen LogP contribution is 2.19. The van der Waals surface area contributed by atoms with Gasteiger partial charge in [-0.15, -0.1) is 5.10 Å². The number of furan rings is 1. The Hall–Kier alpha value is -2.30. The molecular weight excluding hydrogens is 228 g/mol. The lowest BCUT2D eigenvalue weighted by Gasteiger charge is -2.08. The SMILES string of the molecule is Cc1ccc(C(C)Nc2nc3ccccn3n2)o1. The fourth-order valence-corrected chi connectivity index (χ4v) is 1.84. The zero-order chi connectivity index (χ0) is 12.5.